The van der Waals surface area contributed by atoms with Gasteiger partial charge in [0.1, 0.15) is 0 Å². The first-order chi connectivity index (χ1) is 9.01. The zero-order valence-corrected chi connectivity index (χ0v) is 11.7. The second-order valence-electron chi connectivity index (χ2n) is 4.87. The van der Waals surface area contributed by atoms with Gasteiger partial charge in [-0.25, -0.2) is 0 Å². The molecule has 1 amide bonds. The van der Waals surface area contributed by atoms with E-state index in [1.165, 1.54) is 0 Å². The maximum absolute atomic E-state index is 12.4. The van der Waals surface area contributed by atoms with Crippen molar-refractivity contribution in [1.82, 2.24) is 15.2 Å². The summed E-state index contributed by atoms with van der Waals surface area (Å²) in [6, 6.07) is 5.84. The van der Waals surface area contributed by atoms with Gasteiger partial charge in [0.25, 0.3) is 0 Å². The van der Waals surface area contributed by atoms with Crippen LogP contribution in [0.1, 0.15) is 25.8 Å². The van der Waals surface area contributed by atoms with Gasteiger partial charge in [0, 0.05) is 25.5 Å². The summed E-state index contributed by atoms with van der Waals surface area (Å²) in [4.78, 5) is 18.2. The smallest absolute Gasteiger partial charge is 0.242 e. The number of rotatable bonds is 6. The molecule has 0 radical (unpaired) electrons. The van der Waals surface area contributed by atoms with Gasteiger partial charge < -0.3 is 10.2 Å². The van der Waals surface area contributed by atoms with E-state index in [1.54, 1.807) is 24.3 Å². The van der Waals surface area contributed by atoms with Gasteiger partial charge in [0.2, 0.25) is 5.91 Å². The zero-order valence-electron chi connectivity index (χ0n) is 11.7. The fourth-order valence-corrected chi connectivity index (χ4v) is 1.65. The molecule has 0 aliphatic rings. The van der Waals surface area contributed by atoms with Crippen molar-refractivity contribution in [3.05, 3.63) is 30.1 Å². The van der Waals surface area contributed by atoms with Gasteiger partial charge in [-0.2, -0.15) is 5.26 Å². The Labute approximate surface area is 114 Å². The van der Waals surface area contributed by atoms with E-state index >= 15 is 0 Å². The predicted octanol–water partition coefficient (Wildman–Crippen LogP) is 1.32. The van der Waals surface area contributed by atoms with Crippen LogP contribution in [0.2, 0.25) is 0 Å². The minimum Gasteiger partial charge on any atom is -0.336 e. The molecule has 0 bridgehead atoms. The Morgan fingerprint density at radius 1 is 1.58 bits per heavy atom. The number of carbonyl (C=O) groups is 1. The van der Waals surface area contributed by atoms with Gasteiger partial charge in [-0.3, -0.25) is 9.78 Å². The molecule has 1 heterocycles. The molecule has 0 saturated carbocycles. The summed E-state index contributed by atoms with van der Waals surface area (Å²) in [6.45, 7) is 4.56. The van der Waals surface area contributed by atoms with Gasteiger partial charge in [-0.05, 0) is 32.5 Å². The molecule has 0 aromatic carbocycles. The Kier molecular flexibility index (Phi) is 5.46. The Morgan fingerprint density at radius 3 is 2.84 bits per heavy atom. The zero-order chi connectivity index (χ0) is 14.3. The molecule has 1 aromatic heterocycles. The molecule has 0 aliphatic heterocycles. The van der Waals surface area contributed by atoms with E-state index in [-0.39, 0.29) is 5.91 Å². The summed E-state index contributed by atoms with van der Waals surface area (Å²) in [7, 11) is 1.75. The van der Waals surface area contributed by atoms with Crippen molar-refractivity contribution in [3.8, 4) is 6.07 Å². The lowest BCUT2D eigenvalue weighted by atomic mass is 10.0. The van der Waals surface area contributed by atoms with Crippen molar-refractivity contribution >= 4 is 5.91 Å². The number of nitriles is 1. The topological polar surface area (TPSA) is 69.0 Å². The number of hydrogen-bond donors (Lipinski definition) is 1. The van der Waals surface area contributed by atoms with E-state index in [0.29, 0.717) is 19.5 Å². The number of likely N-dealkylation sites (N-methyl/N-ethyl adjacent to an activating group) is 1. The minimum atomic E-state index is -0.641. The summed E-state index contributed by atoms with van der Waals surface area (Å²) in [5, 5.41) is 11.7. The molecule has 0 aliphatic carbocycles. The molecular weight excluding hydrogens is 240 g/mol. The average molecular weight is 260 g/mol. The van der Waals surface area contributed by atoms with E-state index < -0.39 is 5.54 Å². The lowest BCUT2D eigenvalue weighted by Crippen LogP contribution is -2.52. The van der Waals surface area contributed by atoms with E-state index in [1.807, 2.05) is 26.0 Å². The maximum Gasteiger partial charge on any atom is 0.242 e. The fourth-order valence-electron chi connectivity index (χ4n) is 1.65. The van der Waals surface area contributed by atoms with Crippen molar-refractivity contribution in [2.75, 3.05) is 13.6 Å². The first kappa shape index (κ1) is 15.1. The summed E-state index contributed by atoms with van der Waals surface area (Å²) in [6.07, 6.45) is 3.76. The lowest BCUT2D eigenvalue weighted by Gasteiger charge is -2.31. The van der Waals surface area contributed by atoms with Crippen molar-refractivity contribution in [3.63, 3.8) is 0 Å². The molecule has 1 aromatic rings. The highest BCUT2D eigenvalue weighted by molar-refractivity contribution is 5.85. The second-order valence-corrected chi connectivity index (χ2v) is 4.87. The molecule has 5 heteroatoms. The molecule has 0 fully saturated rings. The first-order valence-electron chi connectivity index (χ1n) is 6.25. The first-order valence-corrected chi connectivity index (χ1v) is 6.25. The van der Waals surface area contributed by atoms with Crippen LogP contribution in [0.15, 0.2) is 24.5 Å². The van der Waals surface area contributed by atoms with Crippen molar-refractivity contribution in [2.45, 2.75) is 32.4 Å². The van der Waals surface area contributed by atoms with Gasteiger partial charge in [-0.1, -0.05) is 6.07 Å². The van der Waals surface area contributed by atoms with Gasteiger partial charge in [-0.15, -0.1) is 0 Å². The molecule has 19 heavy (non-hydrogen) atoms. The highest BCUT2D eigenvalue weighted by atomic mass is 16.2. The summed E-state index contributed by atoms with van der Waals surface area (Å²) in [5.41, 5.74) is 0.318. The van der Waals surface area contributed by atoms with E-state index in [0.717, 1.165) is 5.56 Å². The number of nitrogens with zero attached hydrogens (tertiary/aromatic N) is 3. The highest BCUT2D eigenvalue weighted by Gasteiger charge is 2.30. The Bertz CT molecular complexity index is 450. The van der Waals surface area contributed by atoms with Crippen LogP contribution < -0.4 is 5.32 Å². The molecule has 102 valence electrons. The van der Waals surface area contributed by atoms with Gasteiger partial charge >= 0.3 is 0 Å². The SMILES string of the molecule is CNC(C)(C)C(=O)N(CCC#N)Cc1cccnc1. The van der Waals surface area contributed by atoms with Crippen LogP contribution in [-0.4, -0.2) is 34.9 Å². The van der Waals surface area contributed by atoms with E-state index in [2.05, 4.69) is 16.4 Å². The molecule has 1 N–H and O–H groups in total. The fraction of sp³-hybridized carbons (Fsp3) is 0.500. The normalized spacial score (nSPS) is 10.8. The van der Waals surface area contributed by atoms with Crippen molar-refractivity contribution in [2.24, 2.45) is 0 Å². The van der Waals surface area contributed by atoms with Crippen molar-refractivity contribution in [1.29, 1.82) is 5.26 Å². The highest BCUT2D eigenvalue weighted by Crippen LogP contribution is 2.12. The van der Waals surface area contributed by atoms with Crippen LogP contribution in [0.5, 0.6) is 0 Å². The monoisotopic (exact) mass is 260 g/mol. The molecule has 0 atom stereocenters. The number of nitrogens with one attached hydrogen (secondary N) is 1. The largest absolute Gasteiger partial charge is 0.336 e. The number of carbonyl (C=O) groups excluding carboxylic acids is 1. The number of amides is 1. The standard InChI is InChI=1S/C14H20N4O/c1-14(2,16-3)13(19)18(9-5-7-15)11-12-6-4-8-17-10-12/h4,6,8,10,16H,5,9,11H2,1-3H3. The van der Waals surface area contributed by atoms with Gasteiger partial charge in [0.05, 0.1) is 18.0 Å². The summed E-state index contributed by atoms with van der Waals surface area (Å²) >= 11 is 0. The molecule has 0 saturated heterocycles. The van der Waals surface area contributed by atoms with E-state index in [9.17, 15) is 4.79 Å². The van der Waals surface area contributed by atoms with E-state index in [4.69, 9.17) is 5.26 Å². The number of hydrogen-bond acceptors (Lipinski definition) is 4. The van der Waals surface area contributed by atoms with Crippen LogP contribution in [0.3, 0.4) is 0 Å². The number of aromatic nitrogens is 1. The van der Waals surface area contributed by atoms with Crippen molar-refractivity contribution < 1.29 is 4.79 Å². The maximum atomic E-state index is 12.4. The minimum absolute atomic E-state index is 0.0193. The third-order valence-corrected chi connectivity index (χ3v) is 3.04. The van der Waals surface area contributed by atoms with Crippen LogP contribution in [0, 0.1) is 11.3 Å². The lowest BCUT2D eigenvalue weighted by molar-refractivity contribution is -0.137. The second kappa shape index (κ2) is 6.86. The Balaban J connectivity index is 2.83. The summed E-state index contributed by atoms with van der Waals surface area (Å²) in [5.74, 6) is -0.0193. The van der Waals surface area contributed by atoms with Gasteiger partial charge in [0.15, 0.2) is 0 Å². The van der Waals surface area contributed by atoms with Crippen LogP contribution in [-0.2, 0) is 11.3 Å². The molecule has 0 spiro atoms. The molecular formula is C14H20N4O. The third kappa shape index (κ3) is 4.34. The third-order valence-electron chi connectivity index (χ3n) is 3.04. The van der Waals surface area contributed by atoms with Crippen LogP contribution in [0.4, 0.5) is 0 Å². The quantitative estimate of drug-likeness (QED) is 0.837. The Hall–Kier alpha value is -1.93. The Morgan fingerprint density at radius 2 is 2.32 bits per heavy atom. The molecule has 5 nitrogen and oxygen atoms in total. The average Bonchev–Trinajstić information content (AvgIpc) is 2.43. The number of pyridine rings is 1. The summed E-state index contributed by atoms with van der Waals surface area (Å²) < 4.78 is 0. The van der Waals surface area contributed by atoms with Crippen LogP contribution >= 0.6 is 0 Å². The molecule has 1 rings (SSSR count). The van der Waals surface area contributed by atoms with Crippen LogP contribution in [0.25, 0.3) is 0 Å². The molecule has 0 unspecified atom stereocenters. The predicted molar refractivity (Wildman–Crippen MR) is 73.0 cm³/mol.